The molecule has 2 aromatic heterocycles. The maximum Gasteiger partial charge on any atom is 0.421 e. The highest BCUT2D eigenvalue weighted by Crippen LogP contribution is 2.46. The van der Waals surface area contributed by atoms with E-state index in [1.165, 1.54) is 6.92 Å². The van der Waals surface area contributed by atoms with Gasteiger partial charge in [-0.05, 0) is 57.8 Å². The first-order valence-electron chi connectivity index (χ1n) is 9.93. The average Bonchev–Trinajstić information content (AvgIpc) is 3.24. The number of furan rings is 1. The van der Waals surface area contributed by atoms with E-state index in [1.54, 1.807) is 4.68 Å². The number of carbonyl (C=O) groups is 1. The quantitative estimate of drug-likeness (QED) is 0.717. The van der Waals surface area contributed by atoms with E-state index in [2.05, 4.69) is 17.0 Å². The molecule has 158 valence electrons. The Hall–Kier alpha value is -2.29. The molecular formula is C20H24F3N3O3. The minimum absolute atomic E-state index is 0.0298. The zero-order valence-electron chi connectivity index (χ0n) is 16.5. The van der Waals surface area contributed by atoms with Gasteiger partial charge in [0.1, 0.15) is 11.3 Å². The van der Waals surface area contributed by atoms with Gasteiger partial charge in [0.25, 0.3) is 0 Å². The van der Waals surface area contributed by atoms with Crippen molar-refractivity contribution < 1.29 is 27.1 Å². The Kier molecular flexibility index (Phi) is 5.18. The molecule has 2 aromatic rings. The number of aromatic nitrogens is 2. The van der Waals surface area contributed by atoms with E-state index in [0.29, 0.717) is 25.3 Å². The molecule has 2 aliphatic rings. The lowest BCUT2D eigenvalue weighted by molar-refractivity contribution is -0.138. The van der Waals surface area contributed by atoms with Crippen LogP contribution in [0.4, 0.5) is 13.2 Å². The lowest BCUT2D eigenvalue weighted by Crippen LogP contribution is -2.32. The number of alkyl halides is 3. The fourth-order valence-electron chi connectivity index (χ4n) is 4.22. The van der Waals surface area contributed by atoms with Gasteiger partial charge in [0.15, 0.2) is 0 Å². The standard InChI is InChI=1S/C20H24F3N3O3/c1-3-28-19(27)18-16(20(21,22)23)15-14(29-18)5-4-13-11-26(24-17(13)15)10-12-6-8-25(2)9-7-12/h11-12H,3-10H2,1-2H3. The van der Waals surface area contributed by atoms with Gasteiger partial charge < -0.3 is 14.1 Å². The molecule has 0 unspecified atom stereocenters. The van der Waals surface area contributed by atoms with Crippen LogP contribution in [0.1, 0.15) is 47.2 Å². The first kappa shape index (κ1) is 20.0. The van der Waals surface area contributed by atoms with Crippen molar-refractivity contribution in [2.24, 2.45) is 5.92 Å². The van der Waals surface area contributed by atoms with E-state index >= 15 is 0 Å². The summed E-state index contributed by atoms with van der Waals surface area (Å²) in [7, 11) is 2.09. The van der Waals surface area contributed by atoms with E-state index in [9.17, 15) is 18.0 Å². The molecule has 0 amide bonds. The number of piperidine rings is 1. The van der Waals surface area contributed by atoms with Gasteiger partial charge in [0.2, 0.25) is 5.76 Å². The van der Waals surface area contributed by atoms with Gasteiger partial charge in [-0.3, -0.25) is 4.68 Å². The predicted molar refractivity (Wildman–Crippen MR) is 98.5 cm³/mol. The summed E-state index contributed by atoms with van der Waals surface area (Å²) < 4.78 is 53.5. The van der Waals surface area contributed by atoms with E-state index in [1.807, 2.05) is 6.20 Å². The molecule has 0 spiro atoms. The fourth-order valence-corrected chi connectivity index (χ4v) is 4.22. The van der Waals surface area contributed by atoms with Crippen molar-refractivity contribution in [1.82, 2.24) is 14.7 Å². The second-order valence-electron chi connectivity index (χ2n) is 7.79. The highest BCUT2D eigenvalue weighted by molar-refractivity contribution is 5.92. The summed E-state index contributed by atoms with van der Waals surface area (Å²) in [5.74, 6) is -1.27. The lowest BCUT2D eigenvalue weighted by atomic mass is 9.93. The molecule has 9 heteroatoms. The van der Waals surface area contributed by atoms with Crippen LogP contribution in [-0.2, 0) is 30.3 Å². The molecule has 1 aliphatic heterocycles. The third-order valence-corrected chi connectivity index (χ3v) is 5.70. The third-order valence-electron chi connectivity index (χ3n) is 5.70. The van der Waals surface area contributed by atoms with E-state index in [0.717, 1.165) is 31.5 Å². The SMILES string of the molecule is CCOC(=O)c1oc2c(c1C(F)(F)F)-c1nn(CC3CCN(C)CC3)cc1CC2. The van der Waals surface area contributed by atoms with Crippen LogP contribution in [0.2, 0.25) is 0 Å². The molecule has 1 aliphatic carbocycles. The summed E-state index contributed by atoms with van der Waals surface area (Å²) in [4.78, 5) is 14.4. The van der Waals surface area contributed by atoms with Crippen LogP contribution in [0.3, 0.4) is 0 Å². The molecule has 3 heterocycles. The van der Waals surface area contributed by atoms with E-state index in [-0.39, 0.29) is 23.6 Å². The molecule has 1 saturated heterocycles. The van der Waals surface area contributed by atoms with Gasteiger partial charge in [0.05, 0.1) is 17.9 Å². The average molecular weight is 411 g/mol. The van der Waals surface area contributed by atoms with Gasteiger partial charge in [-0.15, -0.1) is 0 Å². The summed E-state index contributed by atoms with van der Waals surface area (Å²) in [6.07, 6.45) is 0.00441. The summed E-state index contributed by atoms with van der Waals surface area (Å²) in [5.41, 5.74) is -0.154. The molecule has 4 rings (SSSR count). The topological polar surface area (TPSA) is 60.5 Å². The van der Waals surface area contributed by atoms with Crippen LogP contribution in [-0.4, -0.2) is 47.4 Å². The largest absolute Gasteiger partial charge is 0.460 e. The summed E-state index contributed by atoms with van der Waals surface area (Å²) in [6, 6.07) is 0. The minimum Gasteiger partial charge on any atom is -0.460 e. The van der Waals surface area contributed by atoms with Gasteiger partial charge >= 0.3 is 12.1 Å². The normalized spacial score (nSPS) is 17.8. The van der Waals surface area contributed by atoms with Gasteiger partial charge in [0, 0.05) is 19.2 Å². The molecule has 29 heavy (non-hydrogen) atoms. The number of fused-ring (bicyclic) bond motifs is 3. The monoisotopic (exact) mass is 411 g/mol. The number of nitrogens with zero attached hydrogens (tertiary/aromatic N) is 3. The van der Waals surface area contributed by atoms with Crippen LogP contribution in [0, 0.1) is 5.92 Å². The first-order chi connectivity index (χ1) is 13.8. The van der Waals surface area contributed by atoms with E-state index < -0.39 is 23.5 Å². The maximum atomic E-state index is 13.9. The van der Waals surface area contributed by atoms with Crippen molar-refractivity contribution in [1.29, 1.82) is 0 Å². The van der Waals surface area contributed by atoms with Gasteiger partial charge in [-0.25, -0.2) is 4.79 Å². The maximum absolute atomic E-state index is 13.9. The summed E-state index contributed by atoms with van der Waals surface area (Å²) in [5, 5.41) is 4.49. The second kappa shape index (κ2) is 7.51. The number of esters is 1. The Morgan fingerprint density at radius 3 is 2.69 bits per heavy atom. The number of hydrogen-bond donors (Lipinski definition) is 0. The predicted octanol–water partition coefficient (Wildman–Crippen LogP) is 3.78. The van der Waals surface area contributed by atoms with Crippen LogP contribution in [0.15, 0.2) is 10.6 Å². The van der Waals surface area contributed by atoms with Gasteiger partial charge in [-0.2, -0.15) is 18.3 Å². The first-order valence-corrected chi connectivity index (χ1v) is 9.93. The van der Waals surface area contributed by atoms with Crippen LogP contribution in [0.25, 0.3) is 11.3 Å². The molecule has 0 atom stereocenters. The summed E-state index contributed by atoms with van der Waals surface area (Å²) in [6.45, 7) is 4.21. The highest BCUT2D eigenvalue weighted by Gasteiger charge is 2.45. The van der Waals surface area contributed by atoms with Crippen LogP contribution < -0.4 is 0 Å². The molecule has 0 radical (unpaired) electrons. The fraction of sp³-hybridized carbons (Fsp3) is 0.600. The smallest absolute Gasteiger partial charge is 0.421 e. The molecule has 0 saturated carbocycles. The highest BCUT2D eigenvalue weighted by atomic mass is 19.4. The van der Waals surface area contributed by atoms with Crippen molar-refractivity contribution >= 4 is 5.97 Å². The molecule has 0 aromatic carbocycles. The number of halogens is 3. The van der Waals surface area contributed by atoms with Crippen LogP contribution in [0.5, 0.6) is 0 Å². The van der Waals surface area contributed by atoms with Crippen molar-refractivity contribution in [3.63, 3.8) is 0 Å². The van der Waals surface area contributed by atoms with E-state index in [4.69, 9.17) is 9.15 Å². The Bertz CT molecular complexity index is 908. The van der Waals surface area contributed by atoms with Crippen molar-refractivity contribution in [3.8, 4) is 11.3 Å². The molecule has 0 N–H and O–H groups in total. The Morgan fingerprint density at radius 2 is 2.03 bits per heavy atom. The van der Waals surface area contributed by atoms with Crippen molar-refractivity contribution in [2.75, 3.05) is 26.7 Å². The zero-order valence-corrected chi connectivity index (χ0v) is 16.5. The number of aryl methyl sites for hydroxylation is 2. The summed E-state index contributed by atoms with van der Waals surface area (Å²) >= 11 is 0. The molecule has 6 nitrogen and oxygen atoms in total. The Labute approximate surface area is 166 Å². The Balaban J connectivity index is 1.70. The number of ether oxygens (including phenoxy) is 1. The molecule has 0 bridgehead atoms. The Morgan fingerprint density at radius 1 is 1.31 bits per heavy atom. The lowest BCUT2D eigenvalue weighted by Gasteiger charge is -2.28. The van der Waals surface area contributed by atoms with Crippen LogP contribution >= 0.6 is 0 Å². The number of rotatable bonds is 4. The molecule has 1 fully saturated rings. The second-order valence-corrected chi connectivity index (χ2v) is 7.79. The van der Waals surface area contributed by atoms with Crippen molar-refractivity contribution in [3.05, 3.63) is 28.8 Å². The number of likely N-dealkylation sites (tertiary alicyclic amines) is 1. The number of hydrogen-bond acceptors (Lipinski definition) is 5. The van der Waals surface area contributed by atoms with Gasteiger partial charge in [-0.1, -0.05) is 0 Å². The zero-order chi connectivity index (χ0) is 20.8. The molecular weight excluding hydrogens is 387 g/mol. The third kappa shape index (κ3) is 3.80. The number of carbonyl (C=O) groups excluding carboxylic acids is 1. The minimum atomic E-state index is -4.74. The van der Waals surface area contributed by atoms with Crippen molar-refractivity contribution in [2.45, 2.75) is 45.3 Å².